The van der Waals surface area contributed by atoms with Crippen LogP contribution in [0.1, 0.15) is 34.1 Å². The molecule has 0 N–H and O–H groups in total. The van der Waals surface area contributed by atoms with Crippen molar-refractivity contribution >= 4 is 21.8 Å². The Balaban J connectivity index is 2.57. The molecule has 1 fully saturated rings. The minimum absolute atomic E-state index is 0.0709. The predicted octanol–water partition coefficient (Wildman–Crippen LogP) is 2.66. The molecule has 2 unspecified atom stereocenters. The lowest BCUT2D eigenvalue weighted by Crippen LogP contribution is -2.38. The van der Waals surface area contributed by atoms with E-state index in [1.165, 1.54) is 0 Å². The SMILES string of the molecule is CC(C(=O)N1CCC(Br)C1)C(C)(C)C. The second-order valence-corrected chi connectivity index (χ2v) is 6.55. The maximum Gasteiger partial charge on any atom is 0.225 e. The molecule has 1 heterocycles. The Kier molecular flexibility index (Phi) is 3.62. The summed E-state index contributed by atoms with van der Waals surface area (Å²) in [6.07, 6.45) is 1.09. The van der Waals surface area contributed by atoms with Crippen molar-refractivity contribution in [3.8, 4) is 0 Å². The number of carbonyl (C=O) groups is 1. The lowest BCUT2D eigenvalue weighted by molar-refractivity contribution is -0.137. The van der Waals surface area contributed by atoms with E-state index >= 15 is 0 Å². The van der Waals surface area contributed by atoms with Crippen LogP contribution >= 0.6 is 15.9 Å². The summed E-state index contributed by atoms with van der Waals surface area (Å²) in [6, 6.07) is 0. The van der Waals surface area contributed by atoms with Gasteiger partial charge in [-0.3, -0.25) is 4.79 Å². The van der Waals surface area contributed by atoms with Gasteiger partial charge in [0.1, 0.15) is 0 Å². The molecule has 1 saturated heterocycles. The number of hydrogen-bond donors (Lipinski definition) is 0. The zero-order chi connectivity index (χ0) is 10.9. The molecule has 1 amide bonds. The van der Waals surface area contributed by atoms with E-state index in [9.17, 15) is 4.79 Å². The number of hydrogen-bond acceptors (Lipinski definition) is 1. The monoisotopic (exact) mass is 261 g/mol. The van der Waals surface area contributed by atoms with E-state index in [1.807, 2.05) is 11.8 Å². The van der Waals surface area contributed by atoms with Gasteiger partial charge in [0.25, 0.3) is 0 Å². The van der Waals surface area contributed by atoms with Crippen molar-refractivity contribution in [2.45, 2.75) is 38.9 Å². The fourth-order valence-corrected chi connectivity index (χ4v) is 2.12. The van der Waals surface area contributed by atoms with Gasteiger partial charge in [-0.1, -0.05) is 43.6 Å². The van der Waals surface area contributed by atoms with Crippen LogP contribution in [-0.4, -0.2) is 28.7 Å². The Morgan fingerprint density at radius 1 is 1.50 bits per heavy atom. The molecule has 0 bridgehead atoms. The maximum absolute atomic E-state index is 12.0. The molecule has 0 saturated carbocycles. The van der Waals surface area contributed by atoms with Gasteiger partial charge < -0.3 is 4.90 Å². The molecule has 0 radical (unpaired) electrons. The maximum atomic E-state index is 12.0. The van der Waals surface area contributed by atoms with Crippen LogP contribution in [0.25, 0.3) is 0 Å². The summed E-state index contributed by atoms with van der Waals surface area (Å²) >= 11 is 3.55. The van der Waals surface area contributed by atoms with Crippen LogP contribution in [0.3, 0.4) is 0 Å². The summed E-state index contributed by atoms with van der Waals surface area (Å²) < 4.78 is 0. The molecule has 0 aliphatic carbocycles. The molecule has 82 valence electrons. The van der Waals surface area contributed by atoms with Crippen molar-refractivity contribution < 1.29 is 4.79 Å². The minimum Gasteiger partial charge on any atom is -0.341 e. The van der Waals surface area contributed by atoms with E-state index in [2.05, 4.69) is 36.7 Å². The first-order valence-corrected chi connectivity index (χ1v) is 6.17. The average molecular weight is 262 g/mol. The minimum atomic E-state index is 0.0709. The number of amides is 1. The highest BCUT2D eigenvalue weighted by molar-refractivity contribution is 9.09. The van der Waals surface area contributed by atoms with Crippen molar-refractivity contribution in [2.24, 2.45) is 11.3 Å². The van der Waals surface area contributed by atoms with Gasteiger partial charge in [-0.15, -0.1) is 0 Å². The van der Waals surface area contributed by atoms with Crippen LogP contribution < -0.4 is 0 Å². The van der Waals surface area contributed by atoms with Gasteiger partial charge in [-0.25, -0.2) is 0 Å². The van der Waals surface area contributed by atoms with Gasteiger partial charge in [0.15, 0.2) is 0 Å². The smallest absolute Gasteiger partial charge is 0.225 e. The van der Waals surface area contributed by atoms with E-state index < -0.39 is 0 Å². The van der Waals surface area contributed by atoms with Gasteiger partial charge in [0.2, 0.25) is 5.91 Å². The van der Waals surface area contributed by atoms with Gasteiger partial charge in [-0.2, -0.15) is 0 Å². The lowest BCUT2D eigenvalue weighted by Gasteiger charge is -2.30. The third-order valence-corrected chi connectivity index (χ3v) is 3.86. The molecule has 1 rings (SSSR count). The average Bonchev–Trinajstić information content (AvgIpc) is 2.47. The highest BCUT2D eigenvalue weighted by Crippen LogP contribution is 2.29. The van der Waals surface area contributed by atoms with Gasteiger partial charge in [0, 0.05) is 23.8 Å². The zero-order valence-electron chi connectivity index (χ0n) is 9.51. The molecule has 14 heavy (non-hydrogen) atoms. The molecular formula is C11H20BrNO. The highest BCUT2D eigenvalue weighted by atomic mass is 79.9. The fraction of sp³-hybridized carbons (Fsp3) is 0.909. The summed E-state index contributed by atoms with van der Waals surface area (Å²) in [5.74, 6) is 0.416. The molecule has 3 heteroatoms. The van der Waals surface area contributed by atoms with Crippen LogP contribution in [0.15, 0.2) is 0 Å². The third-order valence-electron chi connectivity index (χ3n) is 3.11. The molecule has 0 spiro atoms. The van der Waals surface area contributed by atoms with Crippen LogP contribution in [0.4, 0.5) is 0 Å². The van der Waals surface area contributed by atoms with E-state index in [1.54, 1.807) is 0 Å². The number of likely N-dealkylation sites (tertiary alicyclic amines) is 1. The van der Waals surface area contributed by atoms with Crippen molar-refractivity contribution in [3.05, 3.63) is 0 Å². The molecule has 0 aromatic heterocycles. The number of alkyl halides is 1. The number of carbonyl (C=O) groups excluding carboxylic acids is 1. The number of halogens is 1. The van der Waals surface area contributed by atoms with Crippen molar-refractivity contribution in [2.75, 3.05) is 13.1 Å². The molecule has 1 aliphatic heterocycles. The highest BCUT2D eigenvalue weighted by Gasteiger charge is 2.33. The second-order valence-electron chi connectivity index (χ2n) is 5.26. The second kappa shape index (κ2) is 4.21. The molecule has 2 nitrogen and oxygen atoms in total. The normalized spacial score (nSPS) is 25.2. The molecular weight excluding hydrogens is 242 g/mol. The summed E-state index contributed by atoms with van der Waals surface area (Å²) in [4.78, 5) is 14.5. The van der Waals surface area contributed by atoms with E-state index in [0.717, 1.165) is 19.5 Å². The summed E-state index contributed by atoms with van der Waals surface area (Å²) in [5.41, 5.74) is 0.0709. The molecule has 0 aromatic carbocycles. The topological polar surface area (TPSA) is 20.3 Å². The third kappa shape index (κ3) is 2.72. The zero-order valence-corrected chi connectivity index (χ0v) is 11.1. The fourth-order valence-electron chi connectivity index (χ4n) is 1.56. The summed E-state index contributed by atoms with van der Waals surface area (Å²) in [6.45, 7) is 10.2. The first-order chi connectivity index (χ1) is 6.32. The van der Waals surface area contributed by atoms with Crippen LogP contribution in [0.2, 0.25) is 0 Å². The predicted molar refractivity (Wildman–Crippen MR) is 62.5 cm³/mol. The van der Waals surface area contributed by atoms with Crippen molar-refractivity contribution in [1.29, 1.82) is 0 Å². The number of rotatable bonds is 1. The summed E-state index contributed by atoms with van der Waals surface area (Å²) in [7, 11) is 0. The van der Waals surface area contributed by atoms with Gasteiger partial charge in [-0.05, 0) is 11.8 Å². The quantitative estimate of drug-likeness (QED) is 0.665. The van der Waals surface area contributed by atoms with Crippen LogP contribution in [0, 0.1) is 11.3 Å². The Bertz CT molecular complexity index is 222. The standard InChI is InChI=1S/C11H20BrNO/c1-8(11(2,3)4)10(14)13-6-5-9(12)7-13/h8-9H,5-7H2,1-4H3. The van der Waals surface area contributed by atoms with E-state index in [4.69, 9.17) is 0 Å². The van der Waals surface area contributed by atoms with Gasteiger partial charge >= 0.3 is 0 Å². The van der Waals surface area contributed by atoms with E-state index in [-0.39, 0.29) is 11.3 Å². The van der Waals surface area contributed by atoms with Crippen molar-refractivity contribution in [3.63, 3.8) is 0 Å². The van der Waals surface area contributed by atoms with Gasteiger partial charge in [0.05, 0.1) is 0 Å². The van der Waals surface area contributed by atoms with Crippen molar-refractivity contribution in [1.82, 2.24) is 4.90 Å². The Labute approximate surface area is 95.2 Å². The number of nitrogens with zero attached hydrogens (tertiary/aromatic N) is 1. The summed E-state index contributed by atoms with van der Waals surface area (Å²) in [5, 5.41) is 0. The Morgan fingerprint density at radius 3 is 2.43 bits per heavy atom. The van der Waals surface area contributed by atoms with Crippen LogP contribution in [-0.2, 0) is 4.79 Å². The lowest BCUT2D eigenvalue weighted by atomic mass is 9.81. The first kappa shape index (κ1) is 12.0. The first-order valence-electron chi connectivity index (χ1n) is 5.25. The Morgan fingerprint density at radius 2 is 2.07 bits per heavy atom. The Hall–Kier alpha value is -0.0500. The van der Waals surface area contributed by atoms with Crippen LogP contribution in [0.5, 0.6) is 0 Å². The van der Waals surface area contributed by atoms with E-state index in [0.29, 0.717) is 10.7 Å². The molecule has 1 aliphatic rings. The largest absolute Gasteiger partial charge is 0.341 e. The molecule has 0 aromatic rings. The molecule has 2 atom stereocenters.